The fourth-order valence-electron chi connectivity index (χ4n) is 3.67. The molecule has 120 valence electrons. The number of likely N-dealkylation sites (tertiary alicyclic amines) is 1. The average Bonchev–Trinajstić information content (AvgIpc) is 2.76. The highest BCUT2D eigenvalue weighted by atomic mass is 32.1. The molecule has 2 rings (SSSR count). The Balaban J connectivity index is 2.16. The fraction of sp³-hybridized carbons (Fsp3) is 0.875. The summed E-state index contributed by atoms with van der Waals surface area (Å²) in [6, 6.07) is 0. The summed E-state index contributed by atoms with van der Waals surface area (Å²) in [5, 5.41) is 10.2. The van der Waals surface area contributed by atoms with Gasteiger partial charge in [0.15, 0.2) is 0 Å². The van der Waals surface area contributed by atoms with E-state index >= 15 is 0 Å². The Hall–Kier alpha value is -0.680. The van der Waals surface area contributed by atoms with E-state index < -0.39 is 11.0 Å². The van der Waals surface area contributed by atoms with Crippen molar-refractivity contribution in [2.45, 2.75) is 70.3 Å². The Morgan fingerprint density at radius 1 is 1.05 bits per heavy atom. The third-order valence-electron chi connectivity index (χ3n) is 5.19. The Morgan fingerprint density at radius 3 is 2.24 bits per heavy atom. The quantitative estimate of drug-likeness (QED) is 0.607. The number of carbonyl (C=O) groups excluding carboxylic acids is 1. The molecule has 2 fully saturated rings. The third kappa shape index (κ3) is 3.75. The van der Waals surface area contributed by atoms with E-state index in [0.29, 0.717) is 24.5 Å². The summed E-state index contributed by atoms with van der Waals surface area (Å²) in [6.07, 6.45) is 8.15. The number of hydrogen-bond donors (Lipinski definition) is 2. The topological polar surface area (TPSA) is 66.6 Å². The third-order valence-corrected chi connectivity index (χ3v) is 5.58. The summed E-state index contributed by atoms with van der Waals surface area (Å²) in [5.41, 5.74) is 4.71. The molecule has 0 radical (unpaired) electrons. The highest BCUT2D eigenvalue weighted by Gasteiger charge is 2.44. The molecule has 0 aromatic rings. The van der Waals surface area contributed by atoms with Crippen LogP contribution in [-0.2, 0) is 4.79 Å². The van der Waals surface area contributed by atoms with E-state index in [-0.39, 0.29) is 5.91 Å². The van der Waals surface area contributed by atoms with Gasteiger partial charge in [0.05, 0.1) is 16.0 Å². The van der Waals surface area contributed by atoms with Crippen molar-refractivity contribution in [3.05, 3.63) is 0 Å². The van der Waals surface area contributed by atoms with Crippen molar-refractivity contribution >= 4 is 23.1 Å². The van der Waals surface area contributed by atoms with Crippen LogP contribution in [0.1, 0.15) is 64.7 Å². The van der Waals surface area contributed by atoms with Crippen molar-refractivity contribution in [2.75, 3.05) is 13.1 Å². The van der Waals surface area contributed by atoms with Gasteiger partial charge in [-0.1, -0.05) is 37.9 Å². The van der Waals surface area contributed by atoms with Crippen LogP contribution in [0.3, 0.4) is 0 Å². The largest absolute Gasteiger partial charge is 0.392 e. The molecule has 1 saturated heterocycles. The zero-order valence-corrected chi connectivity index (χ0v) is 13.9. The van der Waals surface area contributed by atoms with E-state index in [1.807, 2.05) is 11.8 Å². The molecule has 4 nitrogen and oxygen atoms in total. The summed E-state index contributed by atoms with van der Waals surface area (Å²) in [7, 11) is 0. The van der Waals surface area contributed by atoms with Gasteiger partial charge in [-0.3, -0.25) is 4.79 Å². The molecule has 0 spiro atoms. The first-order valence-electron chi connectivity index (χ1n) is 8.19. The first kappa shape index (κ1) is 16.7. The van der Waals surface area contributed by atoms with Gasteiger partial charge in [0, 0.05) is 13.1 Å². The van der Waals surface area contributed by atoms with Gasteiger partial charge in [-0.05, 0) is 39.0 Å². The molecule has 0 aromatic carbocycles. The molecule has 1 aliphatic carbocycles. The summed E-state index contributed by atoms with van der Waals surface area (Å²) in [6.45, 7) is 3.17. The second kappa shape index (κ2) is 6.61. The van der Waals surface area contributed by atoms with Gasteiger partial charge >= 0.3 is 0 Å². The Bertz CT molecular complexity index is 401. The lowest BCUT2D eigenvalue weighted by Gasteiger charge is -2.35. The highest BCUT2D eigenvalue weighted by molar-refractivity contribution is 7.80. The van der Waals surface area contributed by atoms with Gasteiger partial charge in [-0.15, -0.1) is 0 Å². The molecule has 1 heterocycles. The van der Waals surface area contributed by atoms with E-state index in [9.17, 15) is 9.90 Å². The van der Waals surface area contributed by atoms with E-state index in [1.54, 1.807) is 0 Å². The molecule has 1 aliphatic heterocycles. The number of hydrogen-bond acceptors (Lipinski definition) is 3. The lowest BCUT2D eigenvalue weighted by Crippen LogP contribution is -2.51. The fourth-order valence-corrected chi connectivity index (χ4v) is 3.96. The van der Waals surface area contributed by atoms with Crippen molar-refractivity contribution in [1.29, 1.82) is 0 Å². The highest BCUT2D eigenvalue weighted by Crippen LogP contribution is 2.38. The summed E-state index contributed by atoms with van der Waals surface area (Å²) < 4.78 is 0. The van der Waals surface area contributed by atoms with Crippen molar-refractivity contribution < 1.29 is 9.90 Å². The second-order valence-electron chi connectivity index (χ2n) is 7.00. The van der Waals surface area contributed by atoms with Crippen LogP contribution < -0.4 is 5.73 Å². The van der Waals surface area contributed by atoms with Crippen LogP contribution in [0, 0.1) is 5.41 Å². The van der Waals surface area contributed by atoms with E-state index in [2.05, 4.69) is 0 Å². The summed E-state index contributed by atoms with van der Waals surface area (Å²) in [5.74, 6) is 0.106. The number of aliphatic hydroxyl groups is 1. The van der Waals surface area contributed by atoms with Gasteiger partial charge in [-0.2, -0.15) is 0 Å². The van der Waals surface area contributed by atoms with Crippen LogP contribution in [0.4, 0.5) is 0 Å². The van der Waals surface area contributed by atoms with Crippen LogP contribution in [-0.4, -0.2) is 39.6 Å². The van der Waals surface area contributed by atoms with Gasteiger partial charge in [0.1, 0.15) is 0 Å². The van der Waals surface area contributed by atoms with Crippen LogP contribution in [0.15, 0.2) is 0 Å². The smallest absolute Gasteiger partial charge is 0.235 e. The molecule has 0 aromatic heterocycles. The standard InChI is InChI=1S/C16H28N2O2S/c1-15(20)7-6-11-18(12-10-15)14(19)16(13(17)21)8-4-2-3-5-9-16/h20H,2-12H2,1H3,(H2,17,21). The Morgan fingerprint density at radius 2 is 1.67 bits per heavy atom. The maximum absolute atomic E-state index is 13.1. The first-order chi connectivity index (χ1) is 9.87. The normalized spacial score (nSPS) is 30.3. The van der Waals surface area contributed by atoms with Crippen molar-refractivity contribution in [1.82, 2.24) is 4.90 Å². The van der Waals surface area contributed by atoms with Crippen molar-refractivity contribution in [2.24, 2.45) is 11.1 Å². The predicted octanol–water partition coefficient (Wildman–Crippen LogP) is 2.38. The first-order valence-corrected chi connectivity index (χ1v) is 8.60. The Labute approximate surface area is 133 Å². The van der Waals surface area contributed by atoms with Gasteiger partial charge in [0.25, 0.3) is 0 Å². The minimum absolute atomic E-state index is 0.106. The average molecular weight is 312 g/mol. The molecule has 5 heteroatoms. The van der Waals surface area contributed by atoms with Crippen molar-refractivity contribution in [3.63, 3.8) is 0 Å². The molecule has 0 bridgehead atoms. The summed E-state index contributed by atoms with van der Waals surface area (Å²) >= 11 is 5.29. The molecular weight excluding hydrogens is 284 g/mol. The zero-order valence-electron chi connectivity index (χ0n) is 13.1. The van der Waals surface area contributed by atoms with Crippen LogP contribution >= 0.6 is 12.2 Å². The van der Waals surface area contributed by atoms with Gasteiger partial charge < -0.3 is 15.7 Å². The molecule has 1 amide bonds. The number of carbonyl (C=O) groups is 1. The van der Waals surface area contributed by atoms with E-state index in [4.69, 9.17) is 18.0 Å². The molecule has 21 heavy (non-hydrogen) atoms. The summed E-state index contributed by atoms with van der Waals surface area (Å²) in [4.78, 5) is 15.4. The maximum atomic E-state index is 13.1. The maximum Gasteiger partial charge on any atom is 0.235 e. The molecule has 1 unspecified atom stereocenters. The number of rotatable bonds is 2. The molecule has 2 aliphatic rings. The van der Waals surface area contributed by atoms with Crippen LogP contribution in [0.25, 0.3) is 0 Å². The monoisotopic (exact) mass is 312 g/mol. The minimum atomic E-state index is -0.658. The molecular formula is C16H28N2O2S. The van der Waals surface area contributed by atoms with Crippen LogP contribution in [0.5, 0.6) is 0 Å². The molecule has 1 saturated carbocycles. The lowest BCUT2D eigenvalue weighted by atomic mass is 9.78. The number of thiocarbonyl (C=S) groups is 1. The minimum Gasteiger partial charge on any atom is -0.392 e. The second-order valence-corrected chi connectivity index (χ2v) is 7.44. The predicted molar refractivity (Wildman–Crippen MR) is 88.0 cm³/mol. The van der Waals surface area contributed by atoms with Crippen LogP contribution in [0.2, 0.25) is 0 Å². The number of amides is 1. The molecule has 3 N–H and O–H groups in total. The zero-order chi connectivity index (χ0) is 15.5. The Kier molecular flexibility index (Phi) is 5.25. The number of nitrogens with zero attached hydrogens (tertiary/aromatic N) is 1. The SMILES string of the molecule is CC1(O)CCCN(C(=O)C2(C(N)=S)CCCCCC2)CC1. The lowest BCUT2D eigenvalue weighted by molar-refractivity contribution is -0.139. The van der Waals surface area contributed by atoms with Crippen molar-refractivity contribution in [3.8, 4) is 0 Å². The molecule has 1 atom stereocenters. The number of nitrogens with two attached hydrogens (primary N) is 1. The van der Waals surface area contributed by atoms with E-state index in [0.717, 1.165) is 51.4 Å². The van der Waals surface area contributed by atoms with E-state index in [1.165, 1.54) is 0 Å². The van der Waals surface area contributed by atoms with Gasteiger partial charge in [0.2, 0.25) is 5.91 Å². The van der Waals surface area contributed by atoms with Gasteiger partial charge in [-0.25, -0.2) is 0 Å².